The molecule has 0 spiro atoms. The summed E-state index contributed by atoms with van der Waals surface area (Å²) in [6, 6.07) is 19.9. The van der Waals surface area contributed by atoms with E-state index in [1.807, 2.05) is 59.3 Å². The smallest absolute Gasteiger partial charge is 0.342 e. The van der Waals surface area contributed by atoms with Gasteiger partial charge in [-0.1, -0.05) is 36.4 Å². The fraction of sp³-hybridized carbons (Fsp3) is 0.0714. The highest BCUT2D eigenvalue weighted by molar-refractivity contribution is 7.19. The lowest BCUT2D eigenvalue weighted by Gasteiger charge is -2.31. The van der Waals surface area contributed by atoms with Crippen LogP contribution in [0.5, 0.6) is 0 Å². The molecule has 0 saturated heterocycles. The number of benzene rings is 2. The summed E-state index contributed by atoms with van der Waals surface area (Å²) in [4.78, 5) is 12.9. The number of fused-ring (bicyclic) bond motifs is 3. The molecule has 206 valence electrons. The Labute approximate surface area is 254 Å². The van der Waals surface area contributed by atoms with Crippen LogP contribution in [0.1, 0.15) is 31.9 Å². The molecule has 0 bridgehead atoms. The molecule has 2 atom stereocenters. The Kier molecular flexibility index (Phi) is 6.29. The lowest BCUT2D eigenvalue weighted by Crippen LogP contribution is -2.36. The number of para-hydroxylation sites is 2. The van der Waals surface area contributed by atoms with Gasteiger partial charge in [0, 0.05) is 20.9 Å². The van der Waals surface area contributed by atoms with E-state index in [0.29, 0.717) is 41.9 Å². The molecule has 0 saturated carbocycles. The number of halogens is 4. The topological polar surface area (TPSA) is 32.3 Å². The third-order valence-corrected chi connectivity index (χ3v) is 11.4. The Hall–Kier alpha value is -3.45. The SMILES string of the molecule is FB(F)N1C(c2cccs2)=C2C(=C(c3cccs3)N(B(F)F)C2c2nc3ccccc3s2)C1c1nc2ccccc2s1. The minimum Gasteiger partial charge on any atom is -0.342 e. The first-order chi connectivity index (χ1) is 20.5. The molecule has 4 aromatic heterocycles. The fourth-order valence-corrected chi connectivity index (χ4v) is 9.62. The summed E-state index contributed by atoms with van der Waals surface area (Å²) >= 11 is 5.25. The Morgan fingerprint density at radius 2 is 1.00 bits per heavy atom. The second-order valence-electron chi connectivity index (χ2n) is 9.69. The third-order valence-electron chi connectivity index (χ3n) is 7.44. The first-order valence-electron chi connectivity index (χ1n) is 12.9. The van der Waals surface area contributed by atoms with Crippen molar-refractivity contribution in [1.29, 1.82) is 0 Å². The van der Waals surface area contributed by atoms with Gasteiger partial charge in [0.05, 0.1) is 31.8 Å². The highest BCUT2D eigenvalue weighted by Crippen LogP contribution is 2.62. The Balaban J connectivity index is 1.48. The van der Waals surface area contributed by atoms with E-state index < -0.39 is 26.9 Å². The fourth-order valence-electron chi connectivity index (χ4n) is 5.89. The molecular formula is C28H16B2F4N4S4. The van der Waals surface area contributed by atoms with Gasteiger partial charge in [-0.3, -0.25) is 17.3 Å². The molecular weight excluding hydrogens is 618 g/mol. The van der Waals surface area contributed by atoms with Crippen LogP contribution < -0.4 is 0 Å². The molecule has 2 unspecified atom stereocenters. The van der Waals surface area contributed by atoms with E-state index in [1.165, 1.54) is 45.3 Å². The van der Waals surface area contributed by atoms with Crippen LogP contribution in [0.4, 0.5) is 17.3 Å². The standard InChI is InChI=1S/C28H16B2F4N4S4/c31-29(32)37-24(20-12-6-14-40-20)22-21(25(37)27-35-15-7-1-3-9-17(15)41-27)23(19-11-5-13-39-19)38(30(33)34)26(22)28-36-16-8-2-4-10-18(16)42-28/h1-14,25-26H. The Morgan fingerprint density at radius 1 is 0.571 bits per heavy atom. The predicted octanol–water partition coefficient (Wildman–Crippen LogP) is 9.11. The van der Waals surface area contributed by atoms with Gasteiger partial charge in [0.25, 0.3) is 0 Å². The molecule has 0 amide bonds. The van der Waals surface area contributed by atoms with Crippen LogP contribution >= 0.6 is 45.3 Å². The zero-order chi connectivity index (χ0) is 28.5. The molecule has 0 radical (unpaired) electrons. The van der Waals surface area contributed by atoms with E-state index in [2.05, 4.69) is 0 Å². The largest absolute Gasteiger partial charge is 0.674 e. The highest BCUT2D eigenvalue weighted by atomic mass is 32.1. The summed E-state index contributed by atoms with van der Waals surface area (Å²) in [6.07, 6.45) is 0. The molecule has 2 aliphatic heterocycles. The molecule has 2 aromatic carbocycles. The van der Waals surface area contributed by atoms with Crippen molar-refractivity contribution in [3.05, 3.63) is 114 Å². The van der Waals surface area contributed by atoms with Crippen molar-refractivity contribution in [3.8, 4) is 0 Å². The molecule has 6 aromatic rings. The predicted molar refractivity (Wildman–Crippen MR) is 167 cm³/mol. The van der Waals surface area contributed by atoms with Gasteiger partial charge in [0.1, 0.15) is 22.1 Å². The van der Waals surface area contributed by atoms with Crippen molar-refractivity contribution in [1.82, 2.24) is 19.6 Å². The zero-order valence-electron chi connectivity index (χ0n) is 21.3. The van der Waals surface area contributed by atoms with Crippen LogP contribution in [0.3, 0.4) is 0 Å². The summed E-state index contributed by atoms with van der Waals surface area (Å²) in [5.74, 6) is 0. The van der Waals surface area contributed by atoms with E-state index in [9.17, 15) is 0 Å². The van der Waals surface area contributed by atoms with Gasteiger partial charge in [-0.25, -0.2) is 9.97 Å². The molecule has 2 aliphatic rings. The third kappa shape index (κ3) is 3.92. The maximum Gasteiger partial charge on any atom is 0.674 e. The van der Waals surface area contributed by atoms with Crippen molar-refractivity contribution in [2.24, 2.45) is 0 Å². The molecule has 8 rings (SSSR count). The first-order valence-corrected chi connectivity index (χ1v) is 16.3. The van der Waals surface area contributed by atoms with Gasteiger partial charge in [-0.2, -0.15) is 0 Å². The summed E-state index contributed by atoms with van der Waals surface area (Å²) in [5.41, 5.74) is 2.74. The molecule has 0 N–H and O–H groups in total. The molecule has 42 heavy (non-hydrogen) atoms. The lowest BCUT2D eigenvalue weighted by atomic mass is 9.97. The number of hydrogen-bond donors (Lipinski definition) is 0. The molecule has 4 nitrogen and oxygen atoms in total. The summed E-state index contributed by atoms with van der Waals surface area (Å²) < 4.78 is 63.2. The number of aromatic nitrogens is 2. The molecule has 14 heteroatoms. The van der Waals surface area contributed by atoms with E-state index >= 15 is 17.3 Å². The maximum absolute atomic E-state index is 15.4. The quantitative estimate of drug-likeness (QED) is 0.135. The Bertz CT molecular complexity index is 1790. The number of thiophene rings is 2. The summed E-state index contributed by atoms with van der Waals surface area (Å²) in [6.45, 7) is 0. The summed E-state index contributed by atoms with van der Waals surface area (Å²) in [5, 5.41) is 4.49. The minimum atomic E-state index is -2.91. The van der Waals surface area contributed by atoms with Crippen LogP contribution in [0.25, 0.3) is 31.8 Å². The van der Waals surface area contributed by atoms with Crippen molar-refractivity contribution >= 4 is 92.0 Å². The minimum absolute atomic E-state index is 0.251. The molecule has 6 heterocycles. The number of rotatable bonds is 6. The van der Waals surface area contributed by atoms with Gasteiger partial charge in [-0.05, 0) is 47.2 Å². The average Bonchev–Trinajstić information content (AvgIpc) is 3.82. The van der Waals surface area contributed by atoms with Crippen molar-refractivity contribution in [3.63, 3.8) is 0 Å². The highest BCUT2D eigenvalue weighted by Gasteiger charge is 2.57. The number of hydrogen-bond acceptors (Lipinski definition) is 8. The second-order valence-corrected chi connectivity index (χ2v) is 13.7. The molecule has 0 aliphatic carbocycles. The number of thiazole rings is 2. The number of nitrogens with zero attached hydrogens (tertiary/aromatic N) is 4. The van der Waals surface area contributed by atoms with Crippen LogP contribution in [-0.2, 0) is 0 Å². The van der Waals surface area contributed by atoms with E-state index in [1.54, 1.807) is 24.3 Å². The van der Waals surface area contributed by atoms with Gasteiger partial charge in [-0.15, -0.1) is 45.3 Å². The van der Waals surface area contributed by atoms with Crippen LogP contribution in [-0.4, -0.2) is 34.4 Å². The van der Waals surface area contributed by atoms with Gasteiger partial charge in [0.2, 0.25) is 0 Å². The van der Waals surface area contributed by atoms with Crippen LogP contribution in [0.15, 0.2) is 94.7 Å². The second kappa shape index (κ2) is 10.1. The average molecular weight is 634 g/mol. The van der Waals surface area contributed by atoms with Gasteiger partial charge >= 0.3 is 14.8 Å². The Morgan fingerprint density at radius 3 is 1.36 bits per heavy atom. The monoisotopic (exact) mass is 634 g/mol. The van der Waals surface area contributed by atoms with Crippen molar-refractivity contribution in [2.45, 2.75) is 12.1 Å². The van der Waals surface area contributed by atoms with Crippen molar-refractivity contribution in [2.75, 3.05) is 0 Å². The van der Waals surface area contributed by atoms with Crippen molar-refractivity contribution < 1.29 is 17.3 Å². The van der Waals surface area contributed by atoms with Gasteiger partial charge < -0.3 is 9.62 Å². The normalized spacial score (nSPS) is 18.7. The van der Waals surface area contributed by atoms with E-state index in [-0.39, 0.29) is 11.4 Å². The van der Waals surface area contributed by atoms with E-state index in [0.717, 1.165) is 19.0 Å². The lowest BCUT2D eigenvalue weighted by molar-refractivity contribution is 0.416. The van der Waals surface area contributed by atoms with Crippen LogP contribution in [0.2, 0.25) is 0 Å². The van der Waals surface area contributed by atoms with Gasteiger partial charge in [0.15, 0.2) is 0 Å². The van der Waals surface area contributed by atoms with E-state index in [4.69, 9.17) is 9.97 Å². The molecule has 0 fully saturated rings. The zero-order valence-corrected chi connectivity index (χ0v) is 24.6. The summed E-state index contributed by atoms with van der Waals surface area (Å²) in [7, 11) is -5.82. The maximum atomic E-state index is 15.4. The van der Waals surface area contributed by atoms with Crippen LogP contribution in [0, 0.1) is 0 Å². The first kappa shape index (κ1) is 26.2.